The minimum Gasteiger partial charge on any atom is -0.462 e. The maximum absolute atomic E-state index is 13.5. The third-order valence-electron chi connectivity index (χ3n) is 5.61. The smallest absolute Gasteiger partial charge is 0.303 e. The van der Waals surface area contributed by atoms with E-state index in [2.05, 4.69) is 5.32 Å². The topological polar surface area (TPSA) is 161 Å². The highest BCUT2D eigenvalue weighted by Crippen LogP contribution is 2.23. The number of ether oxygens (including phenoxy) is 5. The van der Waals surface area contributed by atoms with Gasteiger partial charge in [-0.15, -0.1) is 0 Å². The molecule has 0 saturated carbocycles. The second-order valence-corrected chi connectivity index (χ2v) is 8.85. The molecule has 208 valence electrons. The van der Waals surface area contributed by atoms with E-state index in [9.17, 15) is 28.8 Å². The van der Waals surface area contributed by atoms with E-state index in [0.29, 0.717) is 19.3 Å². The summed E-state index contributed by atoms with van der Waals surface area (Å²) in [5, 5.41) is 2.82. The summed E-state index contributed by atoms with van der Waals surface area (Å²) in [7, 11) is 0. The van der Waals surface area contributed by atoms with Crippen molar-refractivity contribution >= 4 is 35.8 Å². The fourth-order valence-electron chi connectivity index (χ4n) is 4.20. The highest BCUT2D eigenvalue weighted by atomic mass is 16.6. The van der Waals surface area contributed by atoms with Crippen molar-refractivity contribution in [3.63, 3.8) is 0 Å². The predicted octanol–water partition coefficient (Wildman–Crippen LogP) is 0.950. The van der Waals surface area contributed by atoms with E-state index in [1.54, 1.807) is 0 Å². The van der Waals surface area contributed by atoms with Gasteiger partial charge in [-0.2, -0.15) is 0 Å². The Kier molecular flexibility index (Phi) is 11.2. The molecule has 5 unspecified atom stereocenters. The average molecular weight is 536 g/mol. The number of fused-ring (bicyclic) bond motifs is 1. The molecule has 1 aliphatic carbocycles. The van der Waals surface area contributed by atoms with Crippen LogP contribution in [0.4, 0.5) is 0 Å². The molecule has 0 bridgehead atoms. The van der Waals surface area contributed by atoms with Gasteiger partial charge in [-0.3, -0.25) is 28.8 Å². The van der Waals surface area contributed by atoms with E-state index >= 15 is 0 Å². The standard InChI is InChI=1S/C26H33NO11/c1-14(28)34-13-22(35-15(2)29)23(36-16(3)30)24(37-17(4)31)25(38-18(5)32)26(33)27-21-11-10-19-8-6-7-9-20(19)12-21/h6-9,21-25H,10-13H2,1-5H3,(H,27,33). The molecule has 1 aromatic carbocycles. The lowest BCUT2D eigenvalue weighted by Gasteiger charge is -2.35. The van der Waals surface area contributed by atoms with Crippen LogP contribution in [0.1, 0.15) is 52.2 Å². The molecule has 1 amide bonds. The molecular formula is C26H33NO11. The van der Waals surface area contributed by atoms with Crippen LogP contribution >= 0.6 is 0 Å². The lowest BCUT2D eigenvalue weighted by atomic mass is 9.88. The van der Waals surface area contributed by atoms with E-state index < -0.39 is 66.8 Å². The maximum Gasteiger partial charge on any atom is 0.303 e. The SMILES string of the molecule is CC(=O)OCC(OC(C)=O)C(OC(C)=O)C(OC(C)=O)C(OC(C)=O)C(=O)NC1CCc2ccccc2C1. The third-order valence-corrected chi connectivity index (χ3v) is 5.61. The first-order chi connectivity index (χ1) is 17.9. The van der Waals surface area contributed by atoms with E-state index in [-0.39, 0.29) is 6.04 Å². The average Bonchev–Trinajstić information content (AvgIpc) is 2.81. The number of hydrogen-bond acceptors (Lipinski definition) is 11. The van der Waals surface area contributed by atoms with Gasteiger partial charge in [0.25, 0.3) is 5.91 Å². The van der Waals surface area contributed by atoms with Crippen molar-refractivity contribution in [1.29, 1.82) is 0 Å². The van der Waals surface area contributed by atoms with Crippen LogP contribution in [0.5, 0.6) is 0 Å². The zero-order valence-electron chi connectivity index (χ0n) is 22.0. The summed E-state index contributed by atoms with van der Waals surface area (Å²) in [6.45, 7) is 4.68. The molecule has 0 radical (unpaired) electrons. The Balaban J connectivity index is 2.43. The Morgan fingerprint density at radius 2 is 1.32 bits per heavy atom. The van der Waals surface area contributed by atoms with Gasteiger partial charge in [0, 0.05) is 40.7 Å². The molecule has 0 aliphatic heterocycles. The Labute approximate surface area is 220 Å². The van der Waals surface area contributed by atoms with Gasteiger partial charge >= 0.3 is 29.8 Å². The highest BCUT2D eigenvalue weighted by Gasteiger charge is 2.47. The summed E-state index contributed by atoms with van der Waals surface area (Å²) in [5.41, 5.74) is 2.22. The zero-order chi connectivity index (χ0) is 28.4. The molecule has 5 atom stereocenters. The number of rotatable bonds is 11. The minimum absolute atomic E-state index is 0.328. The molecule has 2 rings (SSSR count). The van der Waals surface area contributed by atoms with Crippen LogP contribution in [0, 0.1) is 0 Å². The van der Waals surface area contributed by atoms with Crippen molar-refractivity contribution in [2.45, 2.75) is 84.3 Å². The summed E-state index contributed by atoms with van der Waals surface area (Å²) in [4.78, 5) is 72.8. The molecule has 0 fully saturated rings. The van der Waals surface area contributed by atoms with Gasteiger partial charge < -0.3 is 29.0 Å². The van der Waals surface area contributed by atoms with Crippen molar-refractivity contribution in [2.24, 2.45) is 0 Å². The number of carbonyl (C=O) groups is 6. The number of benzene rings is 1. The number of nitrogens with one attached hydrogen (secondary N) is 1. The highest BCUT2D eigenvalue weighted by molar-refractivity contribution is 5.85. The first-order valence-corrected chi connectivity index (χ1v) is 12.1. The third kappa shape index (κ3) is 9.49. The van der Waals surface area contributed by atoms with Crippen LogP contribution < -0.4 is 5.32 Å². The molecule has 0 aromatic heterocycles. The second kappa shape index (κ2) is 14.1. The predicted molar refractivity (Wildman–Crippen MR) is 129 cm³/mol. The summed E-state index contributed by atoms with van der Waals surface area (Å²) in [6, 6.07) is 7.46. The number of amides is 1. The summed E-state index contributed by atoms with van der Waals surface area (Å²) >= 11 is 0. The van der Waals surface area contributed by atoms with Crippen LogP contribution in [0.3, 0.4) is 0 Å². The largest absolute Gasteiger partial charge is 0.462 e. The molecule has 1 N–H and O–H groups in total. The first-order valence-electron chi connectivity index (χ1n) is 12.1. The van der Waals surface area contributed by atoms with Gasteiger partial charge in [0.15, 0.2) is 18.3 Å². The minimum atomic E-state index is -1.80. The van der Waals surface area contributed by atoms with Crippen LogP contribution in [-0.4, -0.2) is 72.8 Å². The number of aryl methyl sites for hydroxylation is 1. The van der Waals surface area contributed by atoms with Crippen molar-refractivity contribution in [1.82, 2.24) is 5.32 Å². The van der Waals surface area contributed by atoms with E-state index in [1.807, 2.05) is 24.3 Å². The fourth-order valence-corrected chi connectivity index (χ4v) is 4.20. The Morgan fingerprint density at radius 3 is 1.87 bits per heavy atom. The molecule has 1 aliphatic rings. The number of hydrogen-bond donors (Lipinski definition) is 1. The molecular weight excluding hydrogens is 502 g/mol. The van der Waals surface area contributed by atoms with Gasteiger partial charge in [-0.1, -0.05) is 24.3 Å². The zero-order valence-corrected chi connectivity index (χ0v) is 22.0. The fraction of sp³-hybridized carbons (Fsp3) is 0.538. The van der Waals surface area contributed by atoms with Crippen LogP contribution in [0.2, 0.25) is 0 Å². The summed E-state index contributed by atoms with van der Waals surface area (Å²) < 4.78 is 26.0. The van der Waals surface area contributed by atoms with Crippen molar-refractivity contribution in [3.8, 4) is 0 Å². The normalized spacial score (nSPS) is 17.3. The van der Waals surface area contributed by atoms with E-state index in [0.717, 1.165) is 45.7 Å². The first kappa shape index (κ1) is 30.3. The Morgan fingerprint density at radius 1 is 0.763 bits per heavy atom. The van der Waals surface area contributed by atoms with Crippen molar-refractivity contribution < 1.29 is 52.5 Å². The monoisotopic (exact) mass is 535 g/mol. The van der Waals surface area contributed by atoms with Crippen LogP contribution in [-0.2, 0) is 65.3 Å². The Bertz CT molecular complexity index is 1050. The summed E-state index contributed by atoms with van der Waals surface area (Å²) in [5.74, 6) is -5.07. The second-order valence-electron chi connectivity index (χ2n) is 8.85. The number of carbonyl (C=O) groups excluding carboxylic acids is 6. The van der Waals surface area contributed by atoms with Gasteiger partial charge in [0.05, 0.1) is 0 Å². The molecule has 0 heterocycles. The van der Waals surface area contributed by atoms with Crippen LogP contribution in [0.15, 0.2) is 24.3 Å². The molecule has 38 heavy (non-hydrogen) atoms. The lowest BCUT2D eigenvalue weighted by Crippen LogP contribution is -2.58. The quantitative estimate of drug-likeness (QED) is 0.317. The van der Waals surface area contributed by atoms with Crippen LogP contribution in [0.25, 0.3) is 0 Å². The van der Waals surface area contributed by atoms with E-state index in [1.165, 1.54) is 0 Å². The van der Waals surface area contributed by atoms with Crippen molar-refractivity contribution in [2.75, 3.05) is 6.61 Å². The molecule has 0 saturated heterocycles. The summed E-state index contributed by atoms with van der Waals surface area (Å²) in [6.07, 6.45) is -4.91. The molecule has 0 spiro atoms. The molecule has 12 heteroatoms. The number of esters is 5. The van der Waals surface area contributed by atoms with Gasteiger partial charge in [-0.25, -0.2) is 0 Å². The molecule has 1 aromatic rings. The van der Waals surface area contributed by atoms with Crippen molar-refractivity contribution in [3.05, 3.63) is 35.4 Å². The lowest BCUT2D eigenvalue weighted by molar-refractivity contribution is -0.203. The molecule has 12 nitrogen and oxygen atoms in total. The Hall–Kier alpha value is -3.96. The van der Waals surface area contributed by atoms with E-state index in [4.69, 9.17) is 23.7 Å². The van der Waals surface area contributed by atoms with Gasteiger partial charge in [0.2, 0.25) is 6.10 Å². The van der Waals surface area contributed by atoms with Gasteiger partial charge in [-0.05, 0) is 30.4 Å². The maximum atomic E-state index is 13.5. The van der Waals surface area contributed by atoms with Gasteiger partial charge in [0.1, 0.15) is 6.61 Å².